The van der Waals surface area contributed by atoms with E-state index in [0.717, 1.165) is 5.56 Å². The molecular weight excluding hydrogens is 523 g/mol. The second kappa shape index (κ2) is 9.57. The van der Waals surface area contributed by atoms with Crippen LogP contribution in [0, 0.1) is 11.8 Å². The van der Waals surface area contributed by atoms with Crippen LogP contribution >= 0.6 is 0 Å². The summed E-state index contributed by atoms with van der Waals surface area (Å²) in [6.45, 7) is 1.21. The van der Waals surface area contributed by atoms with Gasteiger partial charge in [0.15, 0.2) is 11.4 Å². The Hall–Kier alpha value is -3.48. The van der Waals surface area contributed by atoms with Crippen LogP contribution in [0.2, 0.25) is 0 Å². The van der Waals surface area contributed by atoms with E-state index < -0.39 is 64.2 Å². The Bertz CT molecular complexity index is 1390. The first-order chi connectivity index (χ1) is 18.7. The number of allylic oxidation sites excluding steroid dienone is 1. The van der Waals surface area contributed by atoms with E-state index in [-0.39, 0.29) is 36.3 Å². The fraction of sp³-hybridized carbons (Fsp3) is 0.536. The number of fused-ring (bicyclic) bond motifs is 3. The number of hydrogen-bond acceptors (Lipinski definition) is 10. The van der Waals surface area contributed by atoms with E-state index >= 15 is 0 Å². The molecule has 1 aromatic rings. The van der Waals surface area contributed by atoms with Gasteiger partial charge in [-0.15, -0.1) is 0 Å². The van der Waals surface area contributed by atoms with Crippen LogP contribution in [0.5, 0.6) is 5.75 Å². The largest absolute Gasteiger partial charge is 0.510 e. The van der Waals surface area contributed by atoms with Crippen molar-refractivity contribution in [1.82, 2.24) is 9.80 Å². The highest BCUT2D eigenvalue weighted by molar-refractivity contribution is 6.24. The number of nitrogens with two attached hydrogens (primary N) is 1. The van der Waals surface area contributed by atoms with Crippen LogP contribution in [0.25, 0.3) is 0 Å². The molecule has 4 aliphatic rings. The number of phenols is 1. The molecule has 0 bridgehead atoms. The van der Waals surface area contributed by atoms with Crippen molar-refractivity contribution in [3.8, 4) is 5.75 Å². The van der Waals surface area contributed by atoms with Gasteiger partial charge in [0, 0.05) is 50.9 Å². The fourth-order valence-electron chi connectivity index (χ4n) is 7.22. The van der Waals surface area contributed by atoms with Crippen molar-refractivity contribution in [2.75, 3.05) is 46.2 Å². The van der Waals surface area contributed by atoms with Crippen molar-refractivity contribution >= 4 is 23.2 Å². The first-order valence-corrected chi connectivity index (χ1v) is 13.3. The zero-order chi connectivity index (χ0) is 29.4. The molecule has 216 valence electrons. The van der Waals surface area contributed by atoms with Crippen LogP contribution in [0.1, 0.15) is 34.3 Å². The number of halogens is 1. The Morgan fingerprint density at radius 3 is 2.42 bits per heavy atom. The number of hydrogen-bond donors (Lipinski definition) is 5. The highest BCUT2D eigenvalue weighted by Gasteiger charge is 2.63. The van der Waals surface area contributed by atoms with E-state index in [0.29, 0.717) is 30.8 Å². The lowest BCUT2D eigenvalue weighted by Crippen LogP contribution is -2.63. The van der Waals surface area contributed by atoms with E-state index in [9.17, 15) is 39.2 Å². The second-order valence-electron chi connectivity index (χ2n) is 11.7. The monoisotopic (exact) mass is 558 g/mol. The molecule has 40 heavy (non-hydrogen) atoms. The Morgan fingerprint density at radius 2 is 1.88 bits per heavy atom. The van der Waals surface area contributed by atoms with Gasteiger partial charge in [-0.2, -0.15) is 0 Å². The van der Waals surface area contributed by atoms with Gasteiger partial charge < -0.3 is 31.1 Å². The number of nitrogens with zero attached hydrogens (tertiary/aromatic N) is 3. The average molecular weight is 559 g/mol. The summed E-state index contributed by atoms with van der Waals surface area (Å²) in [4.78, 5) is 44.8. The van der Waals surface area contributed by atoms with Crippen molar-refractivity contribution in [2.24, 2.45) is 17.6 Å². The third kappa shape index (κ3) is 3.92. The lowest BCUT2D eigenvalue weighted by molar-refractivity contribution is -0.148. The number of phenolic OH excluding ortho intramolecular Hbond substituents is 1. The number of aliphatic hydroxyl groups excluding tert-OH is 2. The van der Waals surface area contributed by atoms with Crippen LogP contribution in [0.15, 0.2) is 28.7 Å². The van der Waals surface area contributed by atoms with Gasteiger partial charge in [-0.1, -0.05) is 0 Å². The first-order valence-electron chi connectivity index (χ1n) is 13.3. The zero-order valence-electron chi connectivity index (χ0n) is 22.9. The molecular formula is C28H35FN4O7. The van der Waals surface area contributed by atoms with Crippen LogP contribution in [-0.4, -0.2) is 107 Å². The van der Waals surface area contributed by atoms with Gasteiger partial charge in [0.25, 0.3) is 5.91 Å². The molecule has 3 aliphatic carbocycles. The molecule has 1 fully saturated rings. The molecule has 12 heteroatoms. The SMILES string of the molecule is CN(C)c1c(CN2CC[C@H](F)C2)cc(O)c2c1C[C@H]1C[C@H]3[C@H](N(C)C)C(O)=C(C(N)=O)C(=O)[C@@]3(O)C(O)=C1C2=O. The number of likely N-dealkylation sites (N-methyl/N-ethyl adjacent to an activating group) is 1. The molecule has 0 radical (unpaired) electrons. The maximum Gasteiger partial charge on any atom is 0.255 e. The molecule has 0 saturated carbocycles. The lowest BCUT2D eigenvalue weighted by Gasteiger charge is -2.50. The molecule has 5 rings (SSSR count). The third-order valence-electron chi connectivity index (χ3n) is 8.83. The Labute approximate surface area is 231 Å². The van der Waals surface area contributed by atoms with Gasteiger partial charge in [0.2, 0.25) is 5.78 Å². The minimum absolute atomic E-state index is 0.0132. The number of carbonyl (C=O) groups excluding carboxylic acids is 3. The van der Waals surface area contributed by atoms with Crippen molar-refractivity contribution in [3.63, 3.8) is 0 Å². The van der Waals surface area contributed by atoms with Crippen LogP contribution in [0.4, 0.5) is 10.1 Å². The Kier molecular flexibility index (Phi) is 6.71. The van der Waals surface area contributed by atoms with Gasteiger partial charge in [0.1, 0.15) is 29.0 Å². The molecule has 5 atom stereocenters. The topological polar surface area (TPSA) is 168 Å². The molecule has 11 nitrogen and oxygen atoms in total. The summed E-state index contributed by atoms with van der Waals surface area (Å²) < 4.78 is 13.9. The quantitative estimate of drug-likeness (QED) is 0.325. The maximum atomic E-state index is 13.9. The Balaban J connectivity index is 1.67. The molecule has 1 saturated heterocycles. The number of rotatable bonds is 5. The fourth-order valence-corrected chi connectivity index (χ4v) is 7.22. The molecule has 1 aliphatic heterocycles. The Morgan fingerprint density at radius 1 is 1.20 bits per heavy atom. The number of ketones is 2. The molecule has 1 heterocycles. The lowest BCUT2D eigenvalue weighted by atomic mass is 9.58. The normalized spacial score (nSPS) is 30.5. The van der Waals surface area contributed by atoms with Gasteiger partial charge in [-0.05, 0) is 56.5 Å². The number of amides is 1. The van der Waals surface area contributed by atoms with Gasteiger partial charge in [-0.3, -0.25) is 24.2 Å². The molecule has 1 amide bonds. The van der Waals surface area contributed by atoms with E-state index in [1.807, 2.05) is 9.80 Å². The molecule has 0 aromatic heterocycles. The number of primary amides is 1. The van der Waals surface area contributed by atoms with Crippen molar-refractivity contribution in [3.05, 3.63) is 45.4 Å². The van der Waals surface area contributed by atoms with E-state index in [2.05, 4.69) is 0 Å². The summed E-state index contributed by atoms with van der Waals surface area (Å²) >= 11 is 0. The third-order valence-corrected chi connectivity index (χ3v) is 8.83. The summed E-state index contributed by atoms with van der Waals surface area (Å²) in [7, 11) is 6.78. The second-order valence-corrected chi connectivity index (χ2v) is 11.7. The predicted octanol–water partition coefficient (Wildman–Crippen LogP) is 0.730. The molecule has 0 spiro atoms. The maximum absolute atomic E-state index is 13.9. The van der Waals surface area contributed by atoms with Crippen molar-refractivity contribution in [2.45, 2.75) is 43.6 Å². The number of benzene rings is 1. The number of likely N-dealkylation sites (tertiary alicyclic amines) is 1. The summed E-state index contributed by atoms with van der Waals surface area (Å²) in [6, 6.07) is 0.415. The van der Waals surface area contributed by atoms with E-state index in [1.54, 1.807) is 28.2 Å². The molecule has 6 N–H and O–H groups in total. The van der Waals surface area contributed by atoms with Crippen molar-refractivity contribution in [1.29, 1.82) is 0 Å². The first kappa shape index (κ1) is 28.1. The van der Waals surface area contributed by atoms with Crippen LogP contribution < -0.4 is 10.6 Å². The van der Waals surface area contributed by atoms with Crippen LogP contribution in [0.3, 0.4) is 0 Å². The summed E-state index contributed by atoms with van der Waals surface area (Å²) in [5, 5.41) is 45.1. The molecule has 1 aromatic carbocycles. The minimum atomic E-state index is -2.68. The molecule has 0 unspecified atom stereocenters. The van der Waals surface area contributed by atoms with E-state index in [1.165, 1.54) is 11.0 Å². The summed E-state index contributed by atoms with van der Waals surface area (Å²) in [5.74, 6) is -6.85. The minimum Gasteiger partial charge on any atom is -0.510 e. The predicted molar refractivity (Wildman–Crippen MR) is 143 cm³/mol. The van der Waals surface area contributed by atoms with Gasteiger partial charge >= 0.3 is 0 Å². The van der Waals surface area contributed by atoms with Gasteiger partial charge in [-0.25, -0.2) is 4.39 Å². The number of aliphatic hydroxyl groups is 3. The smallest absolute Gasteiger partial charge is 0.255 e. The number of Topliss-reactive ketones (excluding diaryl/α,β-unsaturated/α-hetero) is 2. The number of anilines is 1. The summed E-state index contributed by atoms with van der Waals surface area (Å²) in [6.07, 6.45) is -0.290. The van der Waals surface area contributed by atoms with Gasteiger partial charge in [0.05, 0.1) is 11.6 Å². The zero-order valence-corrected chi connectivity index (χ0v) is 22.9. The van der Waals surface area contributed by atoms with Crippen LogP contribution in [-0.2, 0) is 22.6 Å². The highest BCUT2D eigenvalue weighted by Crippen LogP contribution is 2.53. The van der Waals surface area contributed by atoms with E-state index in [4.69, 9.17) is 5.73 Å². The number of aromatic hydroxyl groups is 1. The number of alkyl halides is 1. The standard InChI is InChI=1S/C28H35FN4O7/c1-31(2)21-13(10-33-6-5-14(29)11-33)9-17(34)19-15(21)7-12-8-16-22(32(3)4)24(36)20(27(30)39)26(38)28(16,40)25(37)18(12)23(19)35/h9,12,14,16,22,34,36-37,40H,5-8,10-11H2,1-4H3,(H2,30,39)/t12-,14-,16-,22-,28-/m0/s1. The van der Waals surface area contributed by atoms with Crippen molar-refractivity contribution < 1.29 is 39.2 Å². The average Bonchev–Trinajstić information content (AvgIpc) is 3.24. The summed E-state index contributed by atoms with van der Waals surface area (Å²) in [5.41, 5.74) is 3.58. The number of carbonyl (C=O) groups is 3. The highest BCUT2D eigenvalue weighted by atomic mass is 19.1.